The first kappa shape index (κ1) is 20.3. The van der Waals surface area contributed by atoms with Crippen LogP contribution in [0.5, 0.6) is 0 Å². The highest BCUT2D eigenvalue weighted by Gasteiger charge is 2.06. The Hall–Kier alpha value is -1.71. The van der Waals surface area contributed by atoms with E-state index in [2.05, 4.69) is 30.9 Å². The molecule has 0 fully saturated rings. The van der Waals surface area contributed by atoms with Gasteiger partial charge in [-0.2, -0.15) is 15.0 Å². The quantitative estimate of drug-likeness (QED) is 0.251. The van der Waals surface area contributed by atoms with Crippen LogP contribution in [0, 0.1) is 0 Å². The second kappa shape index (κ2) is 13.7. The summed E-state index contributed by atoms with van der Waals surface area (Å²) in [6.45, 7) is 2.56. The molecule has 0 unspecified atom stereocenters. The largest absolute Gasteiger partial charge is 0.396 e. The third-order valence-electron chi connectivity index (χ3n) is 3.24. The number of hydrogen-bond donors (Lipinski definition) is 6. The minimum absolute atomic E-state index is 0.175. The number of anilines is 3. The van der Waals surface area contributed by atoms with E-state index in [-0.39, 0.29) is 19.8 Å². The molecule has 0 saturated carbocycles. The van der Waals surface area contributed by atoms with Crippen molar-refractivity contribution in [3.63, 3.8) is 0 Å². The smallest absolute Gasteiger partial charge is 0.229 e. The molecule has 0 atom stereocenters. The van der Waals surface area contributed by atoms with Crippen molar-refractivity contribution < 1.29 is 15.3 Å². The third-order valence-corrected chi connectivity index (χ3v) is 3.24. The van der Waals surface area contributed by atoms with Gasteiger partial charge in [-0.25, -0.2) is 0 Å². The lowest BCUT2D eigenvalue weighted by molar-refractivity contribution is 0.286. The molecule has 9 nitrogen and oxygen atoms in total. The van der Waals surface area contributed by atoms with Crippen LogP contribution in [0.25, 0.3) is 0 Å². The van der Waals surface area contributed by atoms with Crippen LogP contribution >= 0.6 is 0 Å². The molecule has 0 saturated heterocycles. The van der Waals surface area contributed by atoms with Gasteiger partial charge in [0.25, 0.3) is 0 Å². The number of nitrogens with one attached hydrogen (secondary N) is 3. The van der Waals surface area contributed by atoms with Crippen molar-refractivity contribution in [1.82, 2.24) is 15.0 Å². The molecule has 1 heterocycles. The molecule has 0 aromatic carbocycles. The molecular formula is C15H30N6O3. The number of rotatable bonds is 15. The molecule has 1 aromatic heterocycles. The topological polar surface area (TPSA) is 135 Å². The van der Waals surface area contributed by atoms with Crippen LogP contribution < -0.4 is 16.0 Å². The highest BCUT2D eigenvalue weighted by molar-refractivity contribution is 5.42. The predicted molar refractivity (Wildman–Crippen MR) is 94.3 cm³/mol. The first-order valence-electron chi connectivity index (χ1n) is 8.60. The minimum atomic E-state index is 0.175. The van der Waals surface area contributed by atoms with E-state index in [0.717, 1.165) is 38.5 Å². The highest BCUT2D eigenvalue weighted by atomic mass is 16.3. The summed E-state index contributed by atoms with van der Waals surface area (Å²) in [6, 6.07) is 0. The summed E-state index contributed by atoms with van der Waals surface area (Å²) in [5, 5.41) is 35.8. The van der Waals surface area contributed by atoms with Crippen LogP contribution in [0.4, 0.5) is 17.8 Å². The van der Waals surface area contributed by atoms with Gasteiger partial charge >= 0.3 is 0 Å². The summed E-state index contributed by atoms with van der Waals surface area (Å²) in [7, 11) is 0. The Kier molecular flexibility index (Phi) is 11.6. The third kappa shape index (κ3) is 9.43. The first-order valence-corrected chi connectivity index (χ1v) is 8.60. The molecule has 0 aliphatic heterocycles. The van der Waals surface area contributed by atoms with E-state index in [1.165, 1.54) is 0 Å². The Morgan fingerprint density at radius 2 is 0.792 bits per heavy atom. The number of nitrogens with zero attached hydrogens (tertiary/aromatic N) is 3. The Balaban J connectivity index is 2.58. The molecule has 0 radical (unpaired) electrons. The van der Waals surface area contributed by atoms with Crippen molar-refractivity contribution in [1.29, 1.82) is 0 Å². The van der Waals surface area contributed by atoms with Crippen LogP contribution in [0.15, 0.2) is 0 Å². The van der Waals surface area contributed by atoms with Crippen molar-refractivity contribution >= 4 is 17.8 Å². The molecule has 9 heteroatoms. The standard InChI is InChI=1S/C15H30N6O3/c22-10-4-1-7-16-13-19-14(17-8-2-5-11-23)21-15(20-13)18-9-3-6-12-24/h22-24H,1-12H2,(H3,16,17,18,19,20,21). The lowest BCUT2D eigenvalue weighted by Gasteiger charge is -2.11. The average Bonchev–Trinajstić information content (AvgIpc) is 2.59. The number of hydrogen-bond acceptors (Lipinski definition) is 9. The summed E-state index contributed by atoms with van der Waals surface area (Å²) >= 11 is 0. The Morgan fingerprint density at radius 3 is 1.04 bits per heavy atom. The predicted octanol–water partition coefficient (Wildman–Crippen LogP) is 0.425. The van der Waals surface area contributed by atoms with Gasteiger partial charge in [0.15, 0.2) is 0 Å². The van der Waals surface area contributed by atoms with E-state index in [9.17, 15) is 0 Å². The van der Waals surface area contributed by atoms with E-state index in [1.807, 2.05) is 0 Å². The molecule has 1 rings (SSSR count). The van der Waals surface area contributed by atoms with Gasteiger partial charge < -0.3 is 31.3 Å². The zero-order valence-electron chi connectivity index (χ0n) is 14.2. The second-order valence-electron chi connectivity index (χ2n) is 5.38. The van der Waals surface area contributed by atoms with Crippen molar-refractivity contribution in [3.8, 4) is 0 Å². The maximum absolute atomic E-state index is 8.81. The van der Waals surface area contributed by atoms with Crippen molar-refractivity contribution in [3.05, 3.63) is 0 Å². The van der Waals surface area contributed by atoms with Gasteiger partial charge in [-0.3, -0.25) is 0 Å². The molecule has 1 aromatic rings. The van der Waals surface area contributed by atoms with Gasteiger partial charge in [-0.05, 0) is 38.5 Å². The van der Waals surface area contributed by atoms with E-state index in [1.54, 1.807) is 0 Å². The maximum atomic E-state index is 8.81. The average molecular weight is 342 g/mol. The molecule has 0 bridgehead atoms. The van der Waals surface area contributed by atoms with Gasteiger partial charge in [0.05, 0.1) is 0 Å². The zero-order valence-corrected chi connectivity index (χ0v) is 14.2. The number of aromatic nitrogens is 3. The normalized spacial score (nSPS) is 10.6. The number of aliphatic hydroxyl groups excluding tert-OH is 3. The van der Waals surface area contributed by atoms with E-state index in [0.29, 0.717) is 37.5 Å². The summed E-state index contributed by atoms with van der Waals surface area (Å²) in [6.07, 6.45) is 4.70. The Labute approximate surface area is 143 Å². The molecule has 0 amide bonds. The molecule has 0 spiro atoms. The molecule has 24 heavy (non-hydrogen) atoms. The van der Waals surface area contributed by atoms with Crippen molar-refractivity contribution in [2.45, 2.75) is 38.5 Å². The zero-order chi connectivity index (χ0) is 17.5. The summed E-state index contributed by atoms with van der Waals surface area (Å²) in [5.41, 5.74) is 0. The molecule has 0 aliphatic rings. The Bertz CT molecular complexity index is 361. The summed E-state index contributed by atoms with van der Waals surface area (Å²) < 4.78 is 0. The fraction of sp³-hybridized carbons (Fsp3) is 0.800. The van der Waals surface area contributed by atoms with Crippen LogP contribution in [0.2, 0.25) is 0 Å². The fourth-order valence-corrected chi connectivity index (χ4v) is 1.92. The maximum Gasteiger partial charge on any atom is 0.229 e. The molecule has 0 aliphatic carbocycles. The Morgan fingerprint density at radius 1 is 0.500 bits per heavy atom. The number of aliphatic hydroxyl groups is 3. The van der Waals surface area contributed by atoms with Gasteiger partial charge in [0.1, 0.15) is 0 Å². The molecular weight excluding hydrogens is 312 g/mol. The van der Waals surface area contributed by atoms with E-state index >= 15 is 0 Å². The van der Waals surface area contributed by atoms with Gasteiger partial charge in [-0.1, -0.05) is 0 Å². The van der Waals surface area contributed by atoms with Crippen molar-refractivity contribution in [2.75, 3.05) is 55.4 Å². The number of unbranched alkanes of at least 4 members (excludes halogenated alkanes) is 3. The van der Waals surface area contributed by atoms with Crippen LogP contribution in [-0.4, -0.2) is 69.7 Å². The lowest BCUT2D eigenvalue weighted by atomic mass is 10.3. The monoisotopic (exact) mass is 342 g/mol. The van der Waals surface area contributed by atoms with Crippen LogP contribution in [0.3, 0.4) is 0 Å². The molecule has 138 valence electrons. The van der Waals surface area contributed by atoms with Crippen LogP contribution in [-0.2, 0) is 0 Å². The summed E-state index contributed by atoms with van der Waals surface area (Å²) in [5.74, 6) is 1.45. The van der Waals surface area contributed by atoms with Crippen molar-refractivity contribution in [2.24, 2.45) is 0 Å². The van der Waals surface area contributed by atoms with Gasteiger partial charge in [0.2, 0.25) is 17.8 Å². The van der Waals surface area contributed by atoms with E-state index in [4.69, 9.17) is 15.3 Å². The van der Waals surface area contributed by atoms with Gasteiger partial charge in [0, 0.05) is 39.5 Å². The second-order valence-corrected chi connectivity index (χ2v) is 5.38. The van der Waals surface area contributed by atoms with Gasteiger partial charge in [-0.15, -0.1) is 0 Å². The first-order chi connectivity index (χ1) is 11.8. The minimum Gasteiger partial charge on any atom is -0.396 e. The summed E-state index contributed by atoms with van der Waals surface area (Å²) in [4.78, 5) is 13.0. The molecule has 6 N–H and O–H groups in total. The van der Waals surface area contributed by atoms with E-state index < -0.39 is 0 Å². The SMILES string of the molecule is OCCCCNc1nc(NCCCCO)nc(NCCCCO)n1. The fourth-order valence-electron chi connectivity index (χ4n) is 1.92. The highest BCUT2D eigenvalue weighted by Crippen LogP contribution is 2.10. The lowest BCUT2D eigenvalue weighted by Crippen LogP contribution is -2.14. The van der Waals surface area contributed by atoms with Crippen LogP contribution in [0.1, 0.15) is 38.5 Å².